The fourth-order valence-electron chi connectivity index (χ4n) is 3.30. The van der Waals surface area contributed by atoms with E-state index in [9.17, 15) is 10.2 Å². The lowest BCUT2D eigenvalue weighted by molar-refractivity contribution is -0.0592. The molecule has 0 spiro atoms. The van der Waals surface area contributed by atoms with E-state index in [1.165, 1.54) is 11.1 Å². The van der Waals surface area contributed by atoms with Crippen LogP contribution in [-0.4, -0.2) is 21.9 Å². The van der Waals surface area contributed by atoms with Gasteiger partial charge in [-0.05, 0) is 78.0 Å². The highest BCUT2D eigenvalue weighted by molar-refractivity contribution is 5.49. The zero-order chi connectivity index (χ0) is 18.6. The normalized spacial score (nSPS) is 23.0. The van der Waals surface area contributed by atoms with Crippen LogP contribution in [0.15, 0.2) is 35.4 Å². The monoisotopic (exact) mass is 344 g/mol. The van der Waals surface area contributed by atoms with Crippen LogP contribution in [0, 0.1) is 6.92 Å². The van der Waals surface area contributed by atoms with Gasteiger partial charge in [-0.2, -0.15) is 0 Å². The predicted molar refractivity (Wildman–Crippen MR) is 103 cm³/mol. The van der Waals surface area contributed by atoms with Crippen LogP contribution in [0.2, 0.25) is 0 Å². The van der Waals surface area contributed by atoms with Crippen LogP contribution in [0.4, 0.5) is 0 Å². The molecular formula is C22H32O3. The molecule has 0 saturated carbocycles. The molecular weight excluding hydrogens is 312 g/mol. The summed E-state index contributed by atoms with van der Waals surface area (Å²) < 4.78 is 6.14. The number of aliphatic hydroxyl groups excluding tert-OH is 1. The topological polar surface area (TPSA) is 49.7 Å². The van der Waals surface area contributed by atoms with Crippen molar-refractivity contribution in [3.63, 3.8) is 0 Å². The van der Waals surface area contributed by atoms with Crippen molar-refractivity contribution in [3.8, 4) is 11.5 Å². The average molecular weight is 344 g/mol. The fraction of sp³-hybridized carbons (Fsp3) is 0.545. The molecule has 0 aromatic heterocycles. The number of aliphatic hydroxyl groups is 1. The van der Waals surface area contributed by atoms with E-state index >= 15 is 0 Å². The number of aromatic hydroxyl groups is 1. The molecule has 1 aromatic rings. The molecule has 0 bridgehead atoms. The van der Waals surface area contributed by atoms with Gasteiger partial charge in [-0.25, -0.2) is 0 Å². The van der Waals surface area contributed by atoms with Gasteiger partial charge in [0.05, 0.1) is 6.10 Å². The number of phenolic OH excluding ortho intramolecular Hbond substituents is 1. The maximum absolute atomic E-state index is 10.6. The summed E-state index contributed by atoms with van der Waals surface area (Å²) in [6.07, 6.45) is 8.11. The van der Waals surface area contributed by atoms with Crippen molar-refractivity contribution >= 4 is 0 Å². The number of hydrogen-bond acceptors (Lipinski definition) is 3. The Bertz CT molecular complexity index is 668. The number of ether oxygens (including phenoxy) is 1. The van der Waals surface area contributed by atoms with Crippen LogP contribution in [0.1, 0.15) is 64.5 Å². The van der Waals surface area contributed by atoms with Gasteiger partial charge in [-0.3, -0.25) is 0 Å². The Morgan fingerprint density at radius 2 is 1.96 bits per heavy atom. The van der Waals surface area contributed by atoms with Gasteiger partial charge in [0.25, 0.3) is 0 Å². The summed E-state index contributed by atoms with van der Waals surface area (Å²) in [5.74, 6) is 0.917. The number of hydrogen-bond donors (Lipinski definition) is 2. The van der Waals surface area contributed by atoms with E-state index in [-0.39, 0.29) is 5.75 Å². The highest BCUT2D eigenvalue weighted by Gasteiger charge is 2.40. The molecule has 3 nitrogen and oxygen atoms in total. The molecule has 0 radical (unpaired) electrons. The molecule has 1 heterocycles. The molecule has 0 aliphatic carbocycles. The molecule has 0 fully saturated rings. The van der Waals surface area contributed by atoms with Gasteiger partial charge in [-0.15, -0.1) is 0 Å². The highest BCUT2D eigenvalue weighted by atomic mass is 16.5. The zero-order valence-corrected chi connectivity index (χ0v) is 16.2. The molecule has 1 aromatic carbocycles. The fourth-order valence-corrected chi connectivity index (χ4v) is 3.30. The maximum atomic E-state index is 10.6. The average Bonchev–Trinajstić information content (AvgIpc) is 2.49. The van der Waals surface area contributed by atoms with Crippen molar-refractivity contribution in [1.82, 2.24) is 0 Å². The molecule has 2 N–H and O–H groups in total. The molecule has 1 aliphatic rings. The van der Waals surface area contributed by atoms with Crippen molar-refractivity contribution < 1.29 is 14.9 Å². The van der Waals surface area contributed by atoms with Gasteiger partial charge >= 0.3 is 0 Å². The van der Waals surface area contributed by atoms with Crippen molar-refractivity contribution in [1.29, 1.82) is 0 Å². The van der Waals surface area contributed by atoms with Crippen LogP contribution in [0.25, 0.3) is 0 Å². The molecule has 0 unspecified atom stereocenters. The van der Waals surface area contributed by atoms with E-state index in [0.29, 0.717) is 17.7 Å². The molecule has 0 saturated heterocycles. The molecule has 0 amide bonds. The summed E-state index contributed by atoms with van der Waals surface area (Å²) in [5, 5.41) is 20.7. The minimum Gasteiger partial charge on any atom is -0.508 e. The van der Waals surface area contributed by atoms with Gasteiger partial charge in [0.15, 0.2) is 0 Å². The van der Waals surface area contributed by atoms with Crippen LogP contribution in [0.3, 0.4) is 0 Å². The zero-order valence-electron chi connectivity index (χ0n) is 16.2. The maximum Gasteiger partial charge on any atom is 0.133 e. The summed E-state index contributed by atoms with van der Waals surface area (Å²) in [6.45, 7) is 10.3. The SMILES string of the molecule is CC(C)=CCCC(C)=CCC[C@@]1(C)Oc2cc(C)cc(O)c2C[C@H]1O. The van der Waals surface area contributed by atoms with Crippen molar-refractivity contribution in [3.05, 3.63) is 46.6 Å². The van der Waals surface area contributed by atoms with Crippen molar-refractivity contribution in [2.45, 2.75) is 78.4 Å². The quantitative estimate of drug-likeness (QED) is 0.695. The van der Waals surface area contributed by atoms with E-state index in [2.05, 4.69) is 32.9 Å². The summed E-state index contributed by atoms with van der Waals surface area (Å²) >= 11 is 0. The van der Waals surface area contributed by atoms with Gasteiger partial charge in [0.1, 0.15) is 17.1 Å². The predicted octanol–water partition coefficient (Wildman–Crippen LogP) is 5.23. The number of aryl methyl sites for hydroxylation is 1. The Hall–Kier alpha value is -1.74. The van der Waals surface area contributed by atoms with Crippen molar-refractivity contribution in [2.75, 3.05) is 0 Å². The third-order valence-corrected chi connectivity index (χ3v) is 5.00. The second kappa shape index (κ2) is 8.09. The first-order valence-corrected chi connectivity index (χ1v) is 9.20. The Balaban J connectivity index is 2.00. The van der Waals surface area contributed by atoms with E-state index in [1.54, 1.807) is 6.07 Å². The first kappa shape index (κ1) is 19.6. The lowest BCUT2D eigenvalue weighted by Crippen LogP contribution is -2.48. The molecule has 1 aliphatic heterocycles. The van der Waals surface area contributed by atoms with Gasteiger partial charge in [0.2, 0.25) is 0 Å². The van der Waals surface area contributed by atoms with E-state index in [0.717, 1.165) is 31.2 Å². The molecule has 2 atom stereocenters. The van der Waals surface area contributed by atoms with Gasteiger partial charge < -0.3 is 14.9 Å². The third-order valence-electron chi connectivity index (χ3n) is 5.00. The van der Waals surface area contributed by atoms with Gasteiger partial charge in [-0.1, -0.05) is 23.3 Å². The number of rotatable bonds is 6. The molecule has 2 rings (SSSR count). The van der Waals surface area contributed by atoms with Crippen LogP contribution in [0.5, 0.6) is 11.5 Å². The Morgan fingerprint density at radius 1 is 1.24 bits per heavy atom. The van der Waals surface area contributed by atoms with Gasteiger partial charge in [0, 0.05) is 12.0 Å². The Kier molecular flexibility index (Phi) is 6.34. The largest absolute Gasteiger partial charge is 0.508 e. The smallest absolute Gasteiger partial charge is 0.133 e. The Labute approximate surface area is 152 Å². The number of benzene rings is 1. The number of allylic oxidation sites excluding steroid dienone is 4. The lowest BCUT2D eigenvalue weighted by atomic mass is 9.85. The second-order valence-electron chi connectivity index (χ2n) is 7.80. The molecule has 138 valence electrons. The minimum atomic E-state index is -0.621. The first-order chi connectivity index (χ1) is 11.7. The van der Waals surface area contributed by atoms with Crippen LogP contribution < -0.4 is 4.74 Å². The van der Waals surface area contributed by atoms with Crippen molar-refractivity contribution in [2.24, 2.45) is 0 Å². The summed E-state index contributed by atoms with van der Waals surface area (Å²) in [4.78, 5) is 0. The summed E-state index contributed by atoms with van der Waals surface area (Å²) in [5.41, 5.74) is 3.79. The van der Waals surface area contributed by atoms with E-state index in [4.69, 9.17) is 4.74 Å². The molecule has 3 heteroatoms. The highest BCUT2D eigenvalue weighted by Crippen LogP contribution is 2.40. The second-order valence-corrected chi connectivity index (χ2v) is 7.80. The summed E-state index contributed by atoms with van der Waals surface area (Å²) in [7, 11) is 0. The molecule has 25 heavy (non-hydrogen) atoms. The van der Waals surface area contributed by atoms with Crippen LogP contribution >= 0.6 is 0 Å². The van der Waals surface area contributed by atoms with E-state index < -0.39 is 11.7 Å². The number of fused-ring (bicyclic) bond motifs is 1. The van der Waals surface area contributed by atoms with Crippen LogP contribution in [-0.2, 0) is 6.42 Å². The minimum absolute atomic E-state index is 0.214. The Morgan fingerprint density at radius 3 is 2.64 bits per heavy atom. The first-order valence-electron chi connectivity index (χ1n) is 9.20. The number of phenols is 1. The summed E-state index contributed by atoms with van der Waals surface area (Å²) in [6, 6.07) is 3.66. The standard InChI is InChI=1S/C22H32O3/c1-15(2)8-6-9-16(3)10-7-11-22(5)21(24)14-18-19(23)12-17(4)13-20(18)25-22/h8,10,12-13,21,23-24H,6-7,9,11,14H2,1-5H3/t21-,22-/m1/s1. The lowest BCUT2D eigenvalue weighted by Gasteiger charge is -2.40. The third kappa shape index (κ3) is 5.12. The van der Waals surface area contributed by atoms with E-state index in [1.807, 2.05) is 19.9 Å².